The third kappa shape index (κ3) is 5.21. The number of rotatable bonds is 6. The van der Waals surface area contributed by atoms with E-state index in [-0.39, 0.29) is 30.1 Å². The Morgan fingerprint density at radius 1 is 1.15 bits per heavy atom. The molecular weight excluding hydrogens is 350 g/mol. The molecule has 5 nitrogen and oxygen atoms in total. The third-order valence-electron chi connectivity index (χ3n) is 5.43. The molecular formula is C20H32ClN3O2. The van der Waals surface area contributed by atoms with Gasteiger partial charge in [-0.2, -0.15) is 0 Å². The summed E-state index contributed by atoms with van der Waals surface area (Å²) >= 11 is 0. The van der Waals surface area contributed by atoms with Crippen LogP contribution in [0.25, 0.3) is 0 Å². The molecule has 1 aromatic carbocycles. The predicted molar refractivity (Wildman–Crippen MR) is 109 cm³/mol. The highest BCUT2D eigenvalue weighted by molar-refractivity contribution is 5.96. The first kappa shape index (κ1) is 22.5. The van der Waals surface area contributed by atoms with Gasteiger partial charge in [-0.3, -0.25) is 9.59 Å². The summed E-state index contributed by atoms with van der Waals surface area (Å²) in [7, 11) is 0. The van der Waals surface area contributed by atoms with Crippen LogP contribution in [-0.2, 0) is 9.59 Å². The SMILES string of the molecule is Cc1ccc(NC(=O)C2(CNC(=O)[C@@H](N)C(C)C)CCCC2)cc1C.Cl. The molecule has 1 fully saturated rings. The highest BCUT2D eigenvalue weighted by Crippen LogP contribution is 2.38. The average Bonchev–Trinajstić information content (AvgIpc) is 3.05. The number of aryl methyl sites for hydroxylation is 2. The van der Waals surface area contributed by atoms with Crippen molar-refractivity contribution < 1.29 is 9.59 Å². The fourth-order valence-electron chi connectivity index (χ4n) is 3.30. The monoisotopic (exact) mass is 381 g/mol. The Labute approximate surface area is 162 Å². The minimum Gasteiger partial charge on any atom is -0.354 e. The molecule has 2 rings (SSSR count). The van der Waals surface area contributed by atoms with Crippen LogP contribution in [-0.4, -0.2) is 24.4 Å². The van der Waals surface area contributed by atoms with Crippen LogP contribution in [0.5, 0.6) is 0 Å². The van der Waals surface area contributed by atoms with Gasteiger partial charge in [-0.15, -0.1) is 12.4 Å². The Bertz CT molecular complexity index is 640. The lowest BCUT2D eigenvalue weighted by Crippen LogP contribution is -2.50. The largest absolute Gasteiger partial charge is 0.354 e. The first-order valence-electron chi connectivity index (χ1n) is 9.17. The first-order chi connectivity index (χ1) is 11.7. The van der Waals surface area contributed by atoms with Crippen LogP contribution in [0.3, 0.4) is 0 Å². The number of halogens is 1. The number of benzene rings is 1. The number of amides is 2. The molecule has 26 heavy (non-hydrogen) atoms. The minimum absolute atomic E-state index is 0. The maximum Gasteiger partial charge on any atom is 0.237 e. The van der Waals surface area contributed by atoms with Crippen molar-refractivity contribution in [3.8, 4) is 0 Å². The zero-order valence-corrected chi connectivity index (χ0v) is 17.0. The Balaban J connectivity index is 0.00000338. The van der Waals surface area contributed by atoms with E-state index in [1.165, 1.54) is 5.56 Å². The molecule has 0 aliphatic heterocycles. The molecule has 1 saturated carbocycles. The summed E-state index contributed by atoms with van der Waals surface area (Å²) in [4.78, 5) is 25.1. The lowest BCUT2D eigenvalue weighted by molar-refractivity contribution is -0.127. The van der Waals surface area contributed by atoms with Crippen LogP contribution >= 0.6 is 12.4 Å². The molecule has 0 unspecified atom stereocenters. The molecule has 0 radical (unpaired) electrons. The number of nitrogens with two attached hydrogens (primary N) is 1. The number of hydrogen-bond acceptors (Lipinski definition) is 3. The zero-order chi connectivity index (χ0) is 18.6. The molecule has 1 atom stereocenters. The Hall–Kier alpha value is -1.59. The Morgan fingerprint density at radius 2 is 1.77 bits per heavy atom. The van der Waals surface area contributed by atoms with Gasteiger partial charge >= 0.3 is 0 Å². The van der Waals surface area contributed by atoms with Crippen molar-refractivity contribution in [2.45, 2.75) is 59.4 Å². The van der Waals surface area contributed by atoms with E-state index in [1.807, 2.05) is 45.9 Å². The van der Waals surface area contributed by atoms with Gasteiger partial charge in [0, 0.05) is 12.2 Å². The smallest absolute Gasteiger partial charge is 0.237 e. The molecule has 1 aromatic rings. The topological polar surface area (TPSA) is 84.2 Å². The van der Waals surface area contributed by atoms with Crippen molar-refractivity contribution in [3.05, 3.63) is 29.3 Å². The Morgan fingerprint density at radius 3 is 2.31 bits per heavy atom. The van der Waals surface area contributed by atoms with Crippen molar-refractivity contribution in [3.63, 3.8) is 0 Å². The van der Waals surface area contributed by atoms with E-state index in [0.717, 1.165) is 36.9 Å². The summed E-state index contributed by atoms with van der Waals surface area (Å²) in [5.41, 5.74) is 8.52. The molecule has 4 N–H and O–H groups in total. The van der Waals surface area contributed by atoms with Crippen molar-refractivity contribution >= 4 is 29.9 Å². The van der Waals surface area contributed by atoms with Gasteiger partial charge in [0.15, 0.2) is 0 Å². The molecule has 1 aliphatic carbocycles. The summed E-state index contributed by atoms with van der Waals surface area (Å²) in [6, 6.07) is 5.39. The van der Waals surface area contributed by atoms with Crippen LogP contribution in [0, 0.1) is 25.2 Å². The predicted octanol–water partition coefficient (Wildman–Crippen LogP) is 3.32. The van der Waals surface area contributed by atoms with Gasteiger partial charge < -0.3 is 16.4 Å². The zero-order valence-electron chi connectivity index (χ0n) is 16.2. The number of anilines is 1. The first-order valence-corrected chi connectivity index (χ1v) is 9.17. The van der Waals surface area contributed by atoms with E-state index >= 15 is 0 Å². The highest BCUT2D eigenvalue weighted by atomic mass is 35.5. The van der Waals surface area contributed by atoms with Gasteiger partial charge in [0.25, 0.3) is 0 Å². The van der Waals surface area contributed by atoms with Gasteiger partial charge in [0.2, 0.25) is 11.8 Å². The van der Waals surface area contributed by atoms with Crippen LogP contribution in [0.2, 0.25) is 0 Å². The van der Waals surface area contributed by atoms with Gasteiger partial charge in [-0.1, -0.05) is 32.8 Å². The molecule has 0 spiro atoms. The number of carbonyl (C=O) groups excluding carboxylic acids is 2. The van der Waals surface area contributed by atoms with Crippen molar-refractivity contribution in [2.75, 3.05) is 11.9 Å². The molecule has 0 bridgehead atoms. The van der Waals surface area contributed by atoms with Crippen molar-refractivity contribution in [1.29, 1.82) is 0 Å². The van der Waals surface area contributed by atoms with E-state index < -0.39 is 11.5 Å². The van der Waals surface area contributed by atoms with Gasteiger partial charge in [-0.05, 0) is 55.9 Å². The molecule has 6 heteroatoms. The summed E-state index contributed by atoms with van der Waals surface area (Å²) in [6.07, 6.45) is 3.60. The summed E-state index contributed by atoms with van der Waals surface area (Å²) in [5.74, 6) is -0.115. The van der Waals surface area contributed by atoms with E-state index in [1.54, 1.807) is 0 Å². The molecule has 0 heterocycles. The summed E-state index contributed by atoms with van der Waals surface area (Å²) < 4.78 is 0. The third-order valence-corrected chi connectivity index (χ3v) is 5.43. The molecule has 2 amide bonds. The second-order valence-electron chi connectivity index (χ2n) is 7.73. The molecule has 0 aromatic heterocycles. The van der Waals surface area contributed by atoms with Gasteiger partial charge in [-0.25, -0.2) is 0 Å². The highest BCUT2D eigenvalue weighted by Gasteiger charge is 2.41. The summed E-state index contributed by atoms with van der Waals surface area (Å²) in [5, 5.41) is 5.96. The average molecular weight is 382 g/mol. The summed E-state index contributed by atoms with van der Waals surface area (Å²) in [6.45, 7) is 8.27. The van der Waals surface area contributed by atoms with Gasteiger partial charge in [0.05, 0.1) is 11.5 Å². The number of carbonyl (C=O) groups is 2. The normalized spacial score (nSPS) is 16.7. The number of nitrogens with one attached hydrogen (secondary N) is 2. The van der Waals surface area contributed by atoms with Crippen LogP contribution in [0.15, 0.2) is 18.2 Å². The lowest BCUT2D eigenvalue weighted by Gasteiger charge is -2.29. The fourth-order valence-corrected chi connectivity index (χ4v) is 3.30. The minimum atomic E-state index is -0.540. The van der Waals surface area contributed by atoms with Gasteiger partial charge in [0.1, 0.15) is 0 Å². The standard InChI is InChI=1S/C20H31N3O2.ClH/c1-13(2)17(21)18(24)22-12-20(9-5-6-10-20)19(25)23-16-8-7-14(3)15(4)11-16;/h7-8,11,13,17H,5-6,9-10,12,21H2,1-4H3,(H,22,24)(H,23,25);1H/t17-;/m0./s1. The fraction of sp³-hybridized carbons (Fsp3) is 0.600. The molecule has 0 saturated heterocycles. The molecule has 146 valence electrons. The number of hydrogen-bond donors (Lipinski definition) is 3. The second kappa shape index (κ2) is 9.38. The van der Waals surface area contributed by atoms with Crippen LogP contribution < -0.4 is 16.4 Å². The van der Waals surface area contributed by atoms with E-state index in [9.17, 15) is 9.59 Å². The van der Waals surface area contributed by atoms with E-state index in [0.29, 0.717) is 6.54 Å². The quantitative estimate of drug-likeness (QED) is 0.706. The Kier molecular flexibility index (Phi) is 8.10. The maximum absolute atomic E-state index is 13.0. The second-order valence-corrected chi connectivity index (χ2v) is 7.73. The van der Waals surface area contributed by atoms with E-state index in [2.05, 4.69) is 10.6 Å². The van der Waals surface area contributed by atoms with Crippen LogP contribution in [0.1, 0.15) is 50.7 Å². The lowest BCUT2D eigenvalue weighted by atomic mass is 9.84. The van der Waals surface area contributed by atoms with Crippen LogP contribution in [0.4, 0.5) is 5.69 Å². The molecule has 1 aliphatic rings. The van der Waals surface area contributed by atoms with E-state index in [4.69, 9.17) is 5.73 Å². The maximum atomic E-state index is 13.0. The van der Waals surface area contributed by atoms with Crippen molar-refractivity contribution in [1.82, 2.24) is 5.32 Å². The van der Waals surface area contributed by atoms with Crippen molar-refractivity contribution in [2.24, 2.45) is 17.1 Å².